The Labute approximate surface area is 111 Å². The second kappa shape index (κ2) is 6.03. The van der Waals surface area contributed by atoms with Crippen molar-refractivity contribution in [1.29, 1.82) is 0 Å². The molecule has 0 aliphatic carbocycles. The van der Waals surface area contributed by atoms with Crippen LogP contribution < -0.4 is 11.3 Å². The Bertz CT molecular complexity index is 491. The first-order valence-corrected chi connectivity index (χ1v) is 6.47. The molecule has 1 amide bonds. The Balaban J connectivity index is 1.98. The molecule has 1 aliphatic rings. The molecule has 0 radical (unpaired) electrons. The largest absolute Gasteiger partial charge is 0.374 e. The number of nitrogens with one attached hydrogen (secondary N) is 2. The maximum atomic E-state index is 12.2. The number of carbonyl (C=O) groups is 1. The highest BCUT2D eigenvalue weighted by Crippen LogP contribution is 2.10. The molecular weight excluding hydrogens is 248 g/mol. The molecule has 1 unspecified atom stereocenters. The summed E-state index contributed by atoms with van der Waals surface area (Å²) in [5, 5.41) is 5.21. The van der Waals surface area contributed by atoms with Gasteiger partial charge in [0.15, 0.2) is 0 Å². The maximum Gasteiger partial charge on any atom is 0.267 e. The van der Waals surface area contributed by atoms with E-state index in [-0.39, 0.29) is 24.0 Å². The summed E-state index contributed by atoms with van der Waals surface area (Å²) in [6.45, 7) is 3.97. The summed E-state index contributed by atoms with van der Waals surface area (Å²) >= 11 is 0. The van der Waals surface area contributed by atoms with Crippen molar-refractivity contribution >= 4 is 5.91 Å². The van der Waals surface area contributed by atoms with Gasteiger partial charge in [0.2, 0.25) is 5.91 Å². The van der Waals surface area contributed by atoms with E-state index in [0.717, 1.165) is 6.42 Å². The number of nitrogens with zero attached hydrogens (tertiary/aromatic N) is 1. The smallest absolute Gasteiger partial charge is 0.267 e. The van der Waals surface area contributed by atoms with Crippen LogP contribution in [-0.2, 0) is 16.0 Å². The lowest BCUT2D eigenvalue weighted by Crippen LogP contribution is -2.47. The number of H-pyrrole nitrogens is 2. The van der Waals surface area contributed by atoms with Crippen molar-refractivity contribution in [3.63, 3.8) is 0 Å². The lowest BCUT2D eigenvalue weighted by Gasteiger charge is -2.32. The molecule has 0 saturated carbocycles. The van der Waals surface area contributed by atoms with Gasteiger partial charge in [0, 0.05) is 24.3 Å². The number of hydrogen-bond donors (Lipinski definition) is 3. The minimum atomic E-state index is -0.224. The Hall–Kier alpha value is -1.60. The minimum Gasteiger partial charge on any atom is -0.374 e. The first-order chi connectivity index (χ1) is 9.11. The molecule has 7 heteroatoms. The molecule has 1 atom stereocenters. The summed E-state index contributed by atoms with van der Waals surface area (Å²) < 4.78 is 5.53. The highest BCUT2D eigenvalue weighted by Gasteiger charge is 2.24. The molecule has 1 saturated heterocycles. The van der Waals surface area contributed by atoms with Crippen LogP contribution in [0.3, 0.4) is 0 Å². The molecular formula is C12H20N4O3. The van der Waals surface area contributed by atoms with E-state index < -0.39 is 0 Å². The quantitative estimate of drug-likeness (QED) is 0.660. The number of carbonyl (C=O) groups excluding carboxylic acids is 1. The second-order valence-electron chi connectivity index (χ2n) is 4.77. The molecule has 0 spiro atoms. The Morgan fingerprint density at radius 2 is 2.32 bits per heavy atom. The zero-order valence-electron chi connectivity index (χ0n) is 11.1. The minimum absolute atomic E-state index is 0.00769. The van der Waals surface area contributed by atoms with Crippen LogP contribution in [0.1, 0.15) is 17.7 Å². The average Bonchev–Trinajstić information content (AvgIpc) is 2.71. The number of aromatic amines is 2. The monoisotopic (exact) mass is 268 g/mol. The van der Waals surface area contributed by atoms with Crippen LogP contribution in [0.2, 0.25) is 0 Å². The summed E-state index contributed by atoms with van der Waals surface area (Å²) in [7, 11) is 0. The molecule has 0 bridgehead atoms. The second-order valence-corrected chi connectivity index (χ2v) is 4.77. The van der Waals surface area contributed by atoms with E-state index in [1.165, 1.54) is 0 Å². The molecule has 1 aromatic heterocycles. The fraction of sp³-hybridized carbons (Fsp3) is 0.667. The number of aromatic nitrogens is 2. The number of amides is 1. The van der Waals surface area contributed by atoms with Crippen LogP contribution in [0.25, 0.3) is 0 Å². The van der Waals surface area contributed by atoms with Crippen molar-refractivity contribution in [2.24, 2.45) is 5.73 Å². The van der Waals surface area contributed by atoms with Crippen molar-refractivity contribution in [1.82, 2.24) is 15.1 Å². The summed E-state index contributed by atoms with van der Waals surface area (Å²) in [5.74, 6) is -0.0430. The van der Waals surface area contributed by atoms with Gasteiger partial charge in [-0.1, -0.05) is 0 Å². The fourth-order valence-electron chi connectivity index (χ4n) is 2.25. The molecule has 2 heterocycles. The Morgan fingerprint density at radius 3 is 2.95 bits per heavy atom. The SMILES string of the molecule is Cc1[nH][nH]c(=O)c1CC(=O)N1CCOC(CCN)C1. The van der Waals surface area contributed by atoms with Gasteiger partial charge in [0.1, 0.15) is 0 Å². The van der Waals surface area contributed by atoms with Crippen LogP contribution in [0.4, 0.5) is 0 Å². The van der Waals surface area contributed by atoms with Crippen molar-refractivity contribution in [2.75, 3.05) is 26.2 Å². The highest BCUT2D eigenvalue weighted by molar-refractivity contribution is 5.79. The normalized spacial score (nSPS) is 19.7. The van der Waals surface area contributed by atoms with Crippen LogP contribution in [0, 0.1) is 6.92 Å². The Kier molecular flexibility index (Phi) is 4.39. The third kappa shape index (κ3) is 3.24. The first-order valence-electron chi connectivity index (χ1n) is 6.47. The van der Waals surface area contributed by atoms with Gasteiger partial charge in [0.05, 0.1) is 19.1 Å². The topological polar surface area (TPSA) is 104 Å². The third-order valence-corrected chi connectivity index (χ3v) is 3.40. The van der Waals surface area contributed by atoms with Crippen LogP contribution in [-0.4, -0.2) is 53.3 Å². The molecule has 4 N–H and O–H groups in total. The third-order valence-electron chi connectivity index (χ3n) is 3.40. The highest BCUT2D eigenvalue weighted by atomic mass is 16.5. The molecule has 0 aromatic carbocycles. The summed E-state index contributed by atoms with van der Waals surface area (Å²) in [4.78, 5) is 25.5. The van der Waals surface area contributed by atoms with Crippen molar-refractivity contribution in [3.05, 3.63) is 21.6 Å². The Morgan fingerprint density at radius 1 is 1.53 bits per heavy atom. The molecule has 1 aromatic rings. The molecule has 106 valence electrons. The summed E-state index contributed by atoms with van der Waals surface area (Å²) in [6, 6.07) is 0. The van der Waals surface area contributed by atoms with Gasteiger partial charge in [-0.25, -0.2) is 0 Å². The van der Waals surface area contributed by atoms with E-state index in [0.29, 0.717) is 37.5 Å². The average molecular weight is 268 g/mol. The van der Waals surface area contributed by atoms with E-state index >= 15 is 0 Å². The first kappa shape index (κ1) is 13.8. The lowest BCUT2D eigenvalue weighted by molar-refractivity contribution is -0.138. The summed E-state index contributed by atoms with van der Waals surface area (Å²) in [5.41, 5.74) is 6.49. The molecule has 2 rings (SSSR count). The van der Waals surface area contributed by atoms with Gasteiger partial charge in [-0.3, -0.25) is 14.7 Å². The fourth-order valence-corrected chi connectivity index (χ4v) is 2.25. The summed E-state index contributed by atoms with van der Waals surface area (Å²) in [6.07, 6.45) is 0.876. The van der Waals surface area contributed by atoms with E-state index in [9.17, 15) is 9.59 Å². The van der Waals surface area contributed by atoms with Gasteiger partial charge >= 0.3 is 0 Å². The van der Waals surface area contributed by atoms with Gasteiger partial charge in [-0.15, -0.1) is 0 Å². The van der Waals surface area contributed by atoms with Crippen molar-refractivity contribution in [2.45, 2.75) is 25.9 Å². The number of aryl methyl sites for hydroxylation is 1. The van der Waals surface area contributed by atoms with Crippen molar-refractivity contribution in [3.8, 4) is 0 Å². The zero-order chi connectivity index (χ0) is 13.8. The number of ether oxygens (including phenoxy) is 1. The van der Waals surface area contributed by atoms with Gasteiger partial charge in [-0.2, -0.15) is 0 Å². The van der Waals surface area contributed by atoms with Crippen LogP contribution in [0.5, 0.6) is 0 Å². The maximum absolute atomic E-state index is 12.2. The standard InChI is InChI=1S/C12H20N4O3/c1-8-10(12(18)15-14-8)6-11(17)16-4-5-19-9(7-16)2-3-13/h9H,2-7,13H2,1H3,(H2,14,15,18). The van der Waals surface area contributed by atoms with Gasteiger partial charge < -0.3 is 20.5 Å². The number of morpholine rings is 1. The van der Waals surface area contributed by atoms with E-state index in [1.54, 1.807) is 11.8 Å². The van der Waals surface area contributed by atoms with Crippen molar-refractivity contribution < 1.29 is 9.53 Å². The van der Waals surface area contributed by atoms with E-state index in [1.807, 2.05) is 0 Å². The van der Waals surface area contributed by atoms with E-state index in [4.69, 9.17) is 10.5 Å². The molecule has 19 heavy (non-hydrogen) atoms. The van der Waals surface area contributed by atoms with Crippen LogP contribution >= 0.6 is 0 Å². The molecule has 1 aliphatic heterocycles. The number of hydrogen-bond acceptors (Lipinski definition) is 4. The predicted octanol–water partition coefficient (Wildman–Crippen LogP) is -0.870. The van der Waals surface area contributed by atoms with E-state index in [2.05, 4.69) is 10.2 Å². The van der Waals surface area contributed by atoms with Gasteiger partial charge in [0.25, 0.3) is 5.56 Å². The van der Waals surface area contributed by atoms with Gasteiger partial charge in [-0.05, 0) is 19.9 Å². The molecule has 7 nitrogen and oxygen atoms in total. The number of rotatable bonds is 4. The lowest BCUT2D eigenvalue weighted by atomic mass is 10.1. The zero-order valence-corrected chi connectivity index (χ0v) is 11.1. The molecule has 1 fully saturated rings. The predicted molar refractivity (Wildman–Crippen MR) is 69.8 cm³/mol. The van der Waals surface area contributed by atoms with Crippen LogP contribution in [0.15, 0.2) is 4.79 Å². The number of nitrogens with two attached hydrogens (primary N) is 1.